The van der Waals surface area contributed by atoms with Crippen LogP contribution in [0.4, 0.5) is 21.7 Å². The number of aromatic nitrogens is 2. The number of benzene rings is 1. The summed E-state index contributed by atoms with van der Waals surface area (Å²) in [4.78, 5) is 31.7. The zero-order chi connectivity index (χ0) is 21.6. The quantitative estimate of drug-likeness (QED) is 0.476. The fourth-order valence-electron chi connectivity index (χ4n) is 6.08. The lowest BCUT2D eigenvalue weighted by atomic mass is 9.53. The Morgan fingerprint density at radius 3 is 2.29 bits per heavy atom. The molecule has 0 atom stereocenters. The monoisotopic (exact) mass is 426 g/mol. The zero-order valence-electron chi connectivity index (χ0n) is 16.8. The predicted octanol–water partition coefficient (Wildman–Crippen LogP) is 3.66. The van der Waals surface area contributed by atoms with E-state index in [-0.39, 0.29) is 28.4 Å². The molecule has 1 aromatic heterocycles. The molecule has 0 unspecified atom stereocenters. The van der Waals surface area contributed by atoms with Gasteiger partial charge in [-0.15, -0.1) is 0 Å². The molecule has 4 saturated carbocycles. The highest BCUT2D eigenvalue weighted by Gasteiger charge is 2.51. The SMILES string of the molecule is O=C(NNc1ncnc(NC23CC4CC(CC(C4)C2)C3)c1[N+](=O)[O-])c1ccccc1F. The molecule has 4 fully saturated rings. The highest BCUT2D eigenvalue weighted by Crippen LogP contribution is 2.56. The van der Waals surface area contributed by atoms with Crippen molar-refractivity contribution in [3.8, 4) is 0 Å². The van der Waals surface area contributed by atoms with Crippen LogP contribution in [0.3, 0.4) is 0 Å². The first kappa shape index (κ1) is 19.7. The van der Waals surface area contributed by atoms with Crippen molar-refractivity contribution in [2.45, 2.75) is 44.1 Å². The number of rotatable bonds is 6. The Morgan fingerprint density at radius 1 is 1.06 bits per heavy atom. The number of nitrogens with one attached hydrogen (secondary N) is 3. The molecule has 9 nitrogen and oxygen atoms in total. The molecule has 4 bridgehead atoms. The van der Waals surface area contributed by atoms with Gasteiger partial charge < -0.3 is 5.32 Å². The van der Waals surface area contributed by atoms with Crippen molar-refractivity contribution in [3.05, 3.63) is 52.1 Å². The van der Waals surface area contributed by atoms with Crippen LogP contribution in [-0.4, -0.2) is 26.3 Å². The Kier molecular flexibility index (Phi) is 4.71. The third kappa shape index (κ3) is 3.66. The van der Waals surface area contributed by atoms with Crippen LogP contribution in [0.5, 0.6) is 0 Å². The normalized spacial score (nSPS) is 28.2. The average molecular weight is 426 g/mol. The van der Waals surface area contributed by atoms with Gasteiger partial charge in [0.25, 0.3) is 5.91 Å². The lowest BCUT2D eigenvalue weighted by Gasteiger charge is -2.57. The van der Waals surface area contributed by atoms with Crippen molar-refractivity contribution >= 4 is 23.2 Å². The number of nitrogens with zero attached hydrogens (tertiary/aromatic N) is 3. The van der Waals surface area contributed by atoms with Crippen molar-refractivity contribution in [3.63, 3.8) is 0 Å². The molecule has 0 saturated heterocycles. The second-order valence-electron chi connectivity index (χ2n) is 9.06. The molecule has 1 heterocycles. The molecule has 3 N–H and O–H groups in total. The van der Waals surface area contributed by atoms with E-state index in [9.17, 15) is 19.3 Å². The summed E-state index contributed by atoms with van der Waals surface area (Å²) in [6.07, 6.45) is 7.95. The van der Waals surface area contributed by atoms with E-state index in [1.807, 2.05) is 0 Å². The smallest absolute Gasteiger partial charge is 0.354 e. The van der Waals surface area contributed by atoms with Gasteiger partial charge in [-0.1, -0.05) is 12.1 Å². The number of nitro groups is 1. The number of hydrogen-bond acceptors (Lipinski definition) is 7. The van der Waals surface area contributed by atoms with Gasteiger partial charge in [-0.25, -0.2) is 14.4 Å². The first-order chi connectivity index (χ1) is 14.9. The van der Waals surface area contributed by atoms with Crippen LogP contribution in [0.25, 0.3) is 0 Å². The summed E-state index contributed by atoms with van der Waals surface area (Å²) >= 11 is 0. The Morgan fingerprint density at radius 2 is 1.68 bits per heavy atom. The summed E-state index contributed by atoms with van der Waals surface area (Å²) in [6, 6.07) is 5.48. The minimum atomic E-state index is -0.762. The molecule has 6 rings (SSSR count). The van der Waals surface area contributed by atoms with Gasteiger partial charge in [0.2, 0.25) is 11.6 Å². The molecule has 1 amide bonds. The first-order valence-electron chi connectivity index (χ1n) is 10.5. The second-order valence-corrected chi connectivity index (χ2v) is 9.06. The molecule has 0 radical (unpaired) electrons. The Bertz CT molecular complexity index is 1010. The molecular formula is C21H23FN6O3. The maximum atomic E-state index is 13.8. The largest absolute Gasteiger partial charge is 0.359 e. The first-order valence-corrected chi connectivity index (χ1v) is 10.5. The topological polar surface area (TPSA) is 122 Å². The van der Waals surface area contributed by atoms with Gasteiger partial charge in [-0.05, 0) is 68.4 Å². The van der Waals surface area contributed by atoms with Gasteiger partial charge in [0.05, 0.1) is 10.5 Å². The van der Waals surface area contributed by atoms with Crippen LogP contribution in [0.15, 0.2) is 30.6 Å². The number of carbonyl (C=O) groups is 1. The van der Waals surface area contributed by atoms with E-state index in [0.29, 0.717) is 17.8 Å². The van der Waals surface area contributed by atoms with Crippen LogP contribution >= 0.6 is 0 Å². The minimum Gasteiger partial charge on any atom is -0.359 e. The number of carbonyl (C=O) groups excluding carboxylic acids is 1. The third-order valence-electron chi connectivity index (χ3n) is 6.84. The van der Waals surface area contributed by atoms with Gasteiger partial charge in [0.1, 0.15) is 12.1 Å². The fraction of sp³-hybridized carbons (Fsp3) is 0.476. The van der Waals surface area contributed by atoms with E-state index >= 15 is 0 Å². The van der Waals surface area contributed by atoms with E-state index in [2.05, 4.69) is 26.1 Å². The number of anilines is 2. The van der Waals surface area contributed by atoms with E-state index in [0.717, 1.165) is 25.3 Å². The average Bonchev–Trinajstić information content (AvgIpc) is 2.71. The van der Waals surface area contributed by atoms with Crippen molar-refractivity contribution in [2.75, 3.05) is 10.7 Å². The summed E-state index contributed by atoms with van der Waals surface area (Å²) in [7, 11) is 0. The summed E-state index contributed by atoms with van der Waals surface area (Å²) in [5, 5.41) is 15.3. The van der Waals surface area contributed by atoms with Crippen molar-refractivity contribution < 1.29 is 14.1 Å². The molecular weight excluding hydrogens is 403 g/mol. The molecule has 0 spiro atoms. The maximum absolute atomic E-state index is 13.8. The van der Waals surface area contributed by atoms with Crippen LogP contribution in [-0.2, 0) is 0 Å². The Labute approximate surface area is 178 Å². The second kappa shape index (κ2) is 7.44. The standard InChI is InChI=1S/C21H23FN6O3/c22-16-4-2-1-3-15(16)20(29)27-26-19-17(28(30)31)18(23-11-24-19)25-21-8-12-5-13(9-21)7-14(6-12)10-21/h1-4,11-14H,5-10H2,(H,27,29)(H2,23,24,25,26). The maximum Gasteiger partial charge on any atom is 0.354 e. The third-order valence-corrected chi connectivity index (χ3v) is 6.84. The van der Waals surface area contributed by atoms with Gasteiger partial charge >= 0.3 is 5.69 Å². The van der Waals surface area contributed by atoms with Crippen LogP contribution < -0.4 is 16.2 Å². The summed E-state index contributed by atoms with van der Waals surface area (Å²) < 4.78 is 13.8. The number of hydrazine groups is 1. The fourth-order valence-corrected chi connectivity index (χ4v) is 6.08. The van der Waals surface area contributed by atoms with Crippen molar-refractivity contribution in [2.24, 2.45) is 17.8 Å². The number of halogens is 1. The lowest BCUT2D eigenvalue weighted by Crippen LogP contribution is -2.55. The minimum absolute atomic E-state index is 0.143. The van der Waals surface area contributed by atoms with E-state index in [1.54, 1.807) is 0 Å². The van der Waals surface area contributed by atoms with Crippen LogP contribution in [0, 0.1) is 33.7 Å². The van der Waals surface area contributed by atoms with Gasteiger partial charge in [0.15, 0.2) is 0 Å². The van der Waals surface area contributed by atoms with E-state index in [1.165, 1.54) is 43.8 Å². The van der Waals surface area contributed by atoms with Crippen LogP contribution in [0.1, 0.15) is 48.9 Å². The van der Waals surface area contributed by atoms with Crippen molar-refractivity contribution in [1.29, 1.82) is 0 Å². The predicted molar refractivity (Wildman–Crippen MR) is 111 cm³/mol. The Hall–Kier alpha value is -3.30. The molecule has 4 aliphatic carbocycles. The van der Waals surface area contributed by atoms with Gasteiger partial charge in [-0.2, -0.15) is 0 Å². The van der Waals surface area contributed by atoms with Crippen LogP contribution in [0.2, 0.25) is 0 Å². The molecule has 4 aliphatic rings. The summed E-state index contributed by atoms with van der Waals surface area (Å²) in [6.45, 7) is 0. The van der Waals surface area contributed by atoms with Gasteiger partial charge in [0, 0.05) is 5.54 Å². The summed E-state index contributed by atoms with van der Waals surface area (Å²) in [5.74, 6) is 0.526. The number of amides is 1. The molecule has 162 valence electrons. The molecule has 1 aromatic carbocycles. The highest BCUT2D eigenvalue weighted by atomic mass is 19.1. The lowest BCUT2D eigenvalue weighted by molar-refractivity contribution is -0.383. The molecule has 0 aliphatic heterocycles. The van der Waals surface area contributed by atoms with Gasteiger partial charge in [-0.3, -0.25) is 25.8 Å². The number of hydrogen-bond donors (Lipinski definition) is 3. The highest BCUT2D eigenvalue weighted by molar-refractivity contribution is 5.95. The van der Waals surface area contributed by atoms with E-state index in [4.69, 9.17) is 0 Å². The zero-order valence-corrected chi connectivity index (χ0v) is 16.8. The summed E-state index contributed by atoms with van der Waals surface area (Å²) in [5.41, 5.74) is 4.05. The molecule has 31 heavy (non-hydrogen) atoms. The van der Waals surface area contributed by atoms with Crippen molar-refractivity contribution in [1.82, 2.24) is 15.4 Å². The van der Waals surface area contributed by atoms with E-state index < -0.39 is 16.6 Å². The molecule has 2 aromatic rings. The molecule has 10 heteroatoms. The Balaban J connectivity index is 1.38.